The molecular formula is C19H23NO3. The topological polar surface area (TPSA) is 61.5 Å². The van der Waals surface area contributed by atoms with Gasteiger partial charge in [-0.1, -0.05) is 60.7 Å². The van der Waals surface area contributed by atoms with Crippen LogP contribution in [0.3, 0.4) is 0 Å². The molecular weight excluding hydrogens is 290 g/mol. The highest BCUT2D eigenvalue weighted by molar-refractivity contribution is 5.75. The first-order valence-corrected chi connectivity index (χ1v) is 7.64. The molecule has 4 nitrogen and oxygen atoms in total. The van der Waals surface area contributed by atoms with E-state index < -0.39 is 23.7 Å². The summed E-state index contributed by atoms with van der Waals surface area (Å²) in [6.45, 7) is 3.43. The zero-order valence-electron chi connectivity index (χ0n) is 13.7. The van der Waals surface area contributed by atoms with Gasteiger partial charge in [-0.05, 0) is 25.0 Å². The summed E-state index contributed by atoms with van der Waals surface area (Å²) in [5.74, 6) is -0.453. The molecule has 122 valence electrons. The fourth-order valence-electron chi connectivity index (χ4n) is 2.77. The molecule has 4 heteroatoms. The summed E-state index contributed by atoms with van der Waals surface area (Å²) in [7, 11) is 1.62. The van der Waals surface area contributed by atoms with Crippen LogP contribution in [0.1, 0.15) is 25.0 Å². The Labute approximate surface area is 137 Å². The lowest BCUT2D eigenvalue weighted by atomic mass is 9.82. The molecule has 0 unspecified atom stereocenters. The fraction of sp³-hybridized carbons (Fsp3) is 0.316. The molecule has 0 fully saturated rings. The highest BCUT2D eigenvalue weighted by Crippen LogP contribution is 2.38. The van der Waals surface area contributed by atoms with Crippen LogP contribution in [-0.2, 0) is 19.9 Å². The summed E-state index contributed by atoms with van der Waals surface area (Å²) in [4.78, 5) is 12.0. The maximum Gasteiger partial charge on any atom is 0.323 e. The fourth-order valence-corrected chi connectivity index (χ4v) is 2.77. The first kappa shape index (κ1) is 17.2. The van der Waals surface area contributed by atoms with Gasteiger partial charge in [0.1, 0.15) is 12.1 Å². The molecule has 0 aromatic heterocycles. The van der Waals surface area contributed by atoms with Gasteiger partial charge in [0, 0.05) is 7.11 Å². The quantitative estimate of drug-likeness (QED) is 0.833. The van der Waals surface area contributed by atoms with Crippen molar-refractivity contribution < 1.29 is 14.3 Å². The van der Waals surface area contributed by atoms with Gasteiger partial charge >= 0.3 is 5.97 Å². The van der Waals surface area contributed by atoms with Crippen molar-refractivity contribution >= 4 is 5.97 Å². The van der Waals surface area contributed by atoms with Gasteiger partial charge in [0.2, 0.25) is 0 Å². The van der Waals surface area contributed by atoms with Crippen LogP contribution in [0.4, 0.5) is 0 Å². The summed E-state index contributed by atoms with van der Waals surface area (Å²) < 4.78 is 11.5. The van der Waals surface area contributed by atoms with Gasteiger partial charge in [0.25, 0.3) is 0 Å². The van der Waals surface area contributed by atoms with Gasteiger partial charge in [-0.3, -0.25) is 4.79 Å². The van der Waals surface area contributed by atoms with Crippen LogP contribution in [-0.4, -0.2) is 25.2 Å². The molecule has 2 aromatic rings. The second-order valence-corrected chi connectivity index (χ2v) is 5.54. The highest BCUT2D eigenvalue weighted by atomic mass is 16.6. The molecule has 0 amide bonds. The average Bonchev–Trinajstić information content (AvgIpc) is 2.58. The van der Waals surface area contributed by atoms with Gasteiger partial charge < -0.3 is 15.2 Å². The number of hydrogen-bond acceptors (Lipinski definition) is 4. The van der Waals surface area contributed by atoms with Crippen molar-refractivity contribution in [3.8, 4) is 0 Å². The smallest absolute Gasteiger partial charge is 0.323 e. The highest BCUT2D eigenvalue weighted by Gasteiger charge is 2.42. The average molecular weight is 313 g/mol. The van der Waals surface area contributed by atoms with Crippen molar-refractivity contribution in [1.29, 1.82) is 0 Å². The number of nitrogens with two attached hydrogens (primary N) is 1. The Hall–Kier alpha value is -2.17. The first-order valence-electron chi connectivity index (χ1n) is 7.64. The molecule has 2 aromatic carbocycles. The monoisotopic (exact) mass is 313 g/mol. The van der Waals surface area contributed by atoms with Crippen LogP contribution in [0.25, 0.3) is 0 Å². The molecule has 0 aliphatic rings. The zero-order valence-corrected chi connectivity index (χ0v) is 13.7. The molecule has 0 radical (unpaired) electrons. The largest absolute Gasteiger partial charge is 0.458 e. The molecule has 0 saturated carbocycles. The van der Waals surface area contributed by atoms with E-state index in [9.17, 15) is 4.79 Å². The van der Waals surface area contributed by atoms with E-state index in [0.717, 1.165) is 11.1 Å². The molecule has 0 bridgehead atoms. The van der Waals surface area contributed by atoms with Gasteiger partial charge in [-0.15, -0.1) is 0 Å². The summed E-state index contributed by atoms with van der Waals surface area (Å²) in [5, 5.41) is 0. The van der Waals surface area contributed by atoms with Gasteiger partial charge in [0.05, 0.1) is 0 Å². The van der Waals surface area contributed by atoms with E-state index in [0.29, 0.717) is 0 Å². The third-order valence-electron chi connectivity index (χ3n) is 3.96. The summed E-state index contributed by atoms with van der Waals surface area (Å²) in [5.41, 5.74) is 6.57. The first-order chi connectivity index (χ1) is 11.0. The third-order valence-corrected chi connectivity index (χ3v) is 3.96. The van der Waals surface area contributed by atoms with Crippen LogP contribution in [0.15, 0.2) is 60.7 Å². The number of carbonyl (C=O) groups excluding carboxylic acids is 1. The minimum absolute atomic E-state index is 0.453. The standard InChI is InChI=1S/C19H23NO3/c1-14(20)18(21)23-15(2)19(22-3,16-10-6-4-7-11-16)17-12-8-5-9-13-17/h4-15H,20H2,1-3H3/t14-,15-/m0/s1. The molecule has 0 heterocycles. The van der Waals surface area contributed by atoms with Crippen LogP contribution >= 0.6 is 0 Å². The predicted octanol–water partition coefficient (Wildman–Crippen LogP) is 2.86. The molecule has 0 spiro atoms. The Morgan fingerprint density at radius 1 is 0.957 bits per heavy atom. The summed E-state index contributed by atoms with van der Waals surface area (Å²) in [6, 6.07) is 18.8. The van der Waals surface area contributed by atoms with Crippen LogP contribution in [0.2, 0.25) is 0 Å². The molecule has 2 rings (SSSR count). The normalized spacial score (nSPS) is 14.1. The molecule has 0 aliphatic heterocycles. The second kappa shape index (κ2) is 7.40. The van der Waals surface area contributed by atoms with Crippen molar-refractivity contribution in [2.24, 2.45) is 5.73 Å². The van der Waals surface area contributed by atoms with E-state index in [2.05, 4.69) is 0 Å². The lowest BCUT2D eigenvalue weighted by Crippen LogP contribution is -2.45. The molecule has 23 heavy (non-hydrogen) atoms. The number of carbonyl (C=O) groups is 1. The van der Waals surface area contributed by atoms with Crippen molar-refractivity contribution in [1.82, 2.24) is 0 Å². The Balaban J connectivity index is 2.53. The lowest BCUT2D eigenvalue weighted by Gasteiger charge is -2.38. The summed E-state index contributed by atoms with van der Waals surface area (Å²) >= 11 is 0. The van der Waals surface area contributed by atoms with Crippen molar-refractivity contribution in [2.45, 2.75) is 31.6 Å². The molecule has 0 aliphatic carbocycles. The minimum atomic E-state index is -0.896. The van der Waals surface area contributed by atoms with Gasteiger partial charge in [0.15, 0.2) is 5.60 Å². The maximum atomic E-state index is 12.0. The van der Waals surface area contributed by atoms with Crippen LogP contribution in [0, 0.1) is 0 Å². The van der Waals surface area contributed by atoms with Crippen molar-refractivity contribution in [2.75, 3.05) is 7.11 Å². The van der Waals surface area contributed by atoms with E-state index in [1.54, 1.807) is 14.0 Å². The number of hydrogen-bond donors (Lipinski definition) is 1. The molecule has 0 saturated heterocycles. The molecule has 2 atom stereocenters. The van der Waals surface area contributed by atoms with E-state index in [4.69, 9.17) is 15.2 Å². The van der Waals surface area contributed by atoms with E-state index in [1.807, 2.05) is 67.6 Å². The Morgan fingerprint density at radius 3 is 1.74 bits per heavy atom. The maximum absolute atomic E-state index is 12.0. The number of rotatable bonds is 6. The Morgan fingerprint density at radius 2 is 1.39 bits per heavy atom. The SMILES string of the molecule is COC(c1ccccc1)(c1ccccc1)[C@H](C)OC(=O)[C@H](C)N. The second-order valence-electron chi connectivity index (χ2n) is 5.54. The zero-order chi connectivity index (χ0) is 16.9. The number of methoxy groups -OCH3 is 1. The summed E-state index contributed by atoms with van der Waals surface area (Å²) in [6.07, 6.45) is -0.546. The predicted molar refractivity (Wildman–Crippen MR) is 89.9 cm³/mol. The van der Waals surface area contributed by atoms with Crippen LogP contribution in [0.5, 0.6) is 0 Å². The van der Waals surface area contributed by atoms with Crippen molar-refractivity contribution in [3.05, 3.63) is 71.8 Å². The van der Waals surface area contributed by atoms with E-state index in [-0.39, 0.29) is 0 Å². The Kier molecular flexibility index (Phi) is 5.53. The van der Waals surface area contributed by atoms with E-state index in [1.165, 1.54) is 0 Å². The van der Waals surface area contributed by atoms with Crippen LogP contribution < -0.4 is 5.73 Å². The number of ether oxygens (including phenoxy) is 2. The third kappa shape index (κ3) is 3.44. The number of esters is 1. The lowest BCUT2D eigenvalue weighted by molar-refractivity contribution is -0.164. The van der Waals surface area contributed by atoms with E-state index >= 15 is 0 Å². The van der Waals surface area contributed by atoms with Gasteiger partial charge in [-0.2, -0.15) is 0 Å². The molecule has 2 N–H and O–H groups in total. The van der Waals surface area contributed by atoms with Gasteiger partial charge in [-0.25, -0.2) is 0 Å². The van der Waals surface area contributed by atoms with Crippen molar-refractivity contribution in [3.63, 3.8) is 0 Å². The number of benzene rings is 2. The Bertz CT molecular complexity index is 586. The minimum Gasteiger partial charge on any atom is -0.458 e.